The number of halogens is 2. The number of nitrogens with zero attached hydrogens (tertiary/aromatic N) is 4. The molecule has 2 aromatic heterocycles. The number of hydrogen-bond acceptors (Lipinski definition) is 18. The Hall–Kier alpha value is -4.52. The van der Waals surface area contributed by atoms with E-state index >= 15 is 0 Å². The van der Waals surface area contributed by atoms with Crippen LogP contribution in [-0.2, 0) is 29.3 Å². The summed E-state index contributed by atoms with van der Waals surface area (Å²) in [6, 6.07) is 10.9. The molecule has 2 aromatic carbocycles. The van der Waals surface area contributed by atoms with Crippen molar-refractivity contribution in [2.24, 2.45) is 0 Å². The molecule has 2 heterocycles. The van der Waals surface area contributed by atoms with Crippen LogP contribution in [0, 0.1) is 11.6 Å². The van der Waals surface area contributed by atoms with E-state index in [-0.39, 0.29) is 100.0 Å². The van der Waals surface area contributed by atoms with Crippen LogP contribution in [-0.4, -0.2) is 143 Å². The summed E-state index contributed by atoms with van der Waals surface area (Å²) in [6.07, 6.45) is 6.00. The number of carboxylic acids is 2. The van der Waals surface area contributed by atoms with Gasteiger partial charge in [-0.05, 0) is 110 Å². The first-order chi connectivity index (χ1) is 30.5. The number of carbonyl (C=O) groups is 2. The molecule has 360 valence electrons. The number of aliphatic hydroxyl groups is 4. The van der Waals surface area contributed by atoms with Gasteiger partial charge in [-0.2, -0.15) is 0 Å². The molecule has 0 bridgehead atoms. The smallest absolute Gasteiger partial charge is 0.550 e. The predicted molar refractivity (Wildman–Crippen MR) is 246 cm³/mol. The summed E-state index contributed by atoms with van der Waals surface area (Å²) in [7, 11) is -6.72. The average molecular weight is 1000 g/mol. The van der Waals surface area contributed by atoms with Crippen molar-refractivity contribution < 1.29 is 65.8 Å². The van der Waals surface area contributed by atoms with Gasteiger partial charge in [-0.3, -0.25) is 0 Å². The number of aliphatic carboxylic acids is 2. The van der Waals surface area contributed by atoms with Gasteiger partial charge in [0, 0.05) is 59.5 Å². The largest absolute Gasteiger partial charge is 2.00 e. The molecule has 0 amide bonds. The van der Waals surface area contributed by atoms with E-state index in [4.69, 9.17) is 0 Å². The van der Waals surface area contributed by atoms with Crippen molar-refractivity contribution in [3.63, 3.8) is 0 Å². The summed E-state index contributed by atoms with van der Waals surface area (Å²) in [5.41, 5.74) is 3.48. The quantitative estimate of drug-likeness (QED) is 0.0487. The molecule has 0 spiro atoms. The molecule has 4 aromatic rings. The van der Waals surface area contributed by atoms with E-state index in [1.54, 1.807) is 0 Å². The second-order valence-corrected chi connectivity index (χ2v) is 20.4. The number of aromatic nitrogens is 4. The molecule has 18 nitrogen and oxygen atoms in total. The Bertz CT molecular complexity index is 2420. The Balaban J connectivity index is 0.000000453. The third-order valence-electron chi connectivity index (χ3n) is 9.15. The van der Waals surface area contributed by atoms with Crippen LogP contribution in [0.2, 0.25) is 0 Å². The van der Waals surface area contributed by atoms with Gasteiger partial charge in [-0.25, -0.2) is 45.6 Å². The van der Waals surface area contributed by atoms with E-state index < -0.39 is 66.6 Å². The van der Waals surface area contributed by atoms with Crippen molar-refractivity contribution in [3.8, 4) is 22.5 Å². The molecule has 67 heavy (non-hydrogen) atoms. The fraction of sp³-hybridized carbons (Fsp3) is 0.409. The fourth-order valence-corrected chi connectivity index (χ4v) is 6.76. The van der Waals surface area contributed by atoms with Crippen molar-refractivity contribution in [2.75, 3.05) is 34.9 Å². The minimum absolute atomic E-state index is 0. The Labute approximate surface area is 418 Å². The summed E-state index contributed by atoms with van der Waals surface area (Å²) >= 11 is 0. The summed E-state index contributed by atoms with van der Waals surface area (Å²) in [6.45, 7) is 7.39. The Morgan fingerprint density at radius 1 is 0.627 bits per heavy atom. The summed E-state index contributed by atoms with van der Waals surface area (Å²) < 4.78 is 73.2. The standard InChI is InChI=1S/2C22H28FN3O6S.Ca/c2*1-14(2)19-17(10-12-22(29,30)11-4-5-18(27)28)20(15-6-8-16(23)9-7-15)26-21(25-19)24-13-33(3,31)32;/h2*6-10,12,14,29-30H,4-5,11,13H2,1-3H3,(H,27,28)(H,24,25,26);/q;;+2/p-2. The minimum atomic E-state index is -3.36. The van der Waals surface area contributed by atoms with Crippen molar-refractivity contribution in [3.05, 3.63) is 94.8 Å². The molecular formula is C44H54CaF2N6O12S2. The maximum atomic E-state index is 13.5. The van der Waals surface area contributed by atoms with E-state index in [1.807, 2.05) is 27.7 Å². The van der Waals surface area contributed by atoms with E-state index in [9.17, 15) is 65.8 Å². The maximum absolute atomic E-state index is 13.5. The second-order valence-electron chi connectivity index (χ2n) is 16.1. The number of carbonyl (C=O) groups excluding carboxylic acids is 2. The van der Waals surface area contributed by atoms with Gasteiger partial charge in [0.2, 0.25) is 11.9 Å². The third-order valence-corrected chi connectivity index (χ3v) is 10.5. The Kier molecular flexibility index (Phi) is 22.5. The van der Waals surface area contributed by atoms with Crippen LogP contribution in [0.1, 0.15) is 101 Å². The molecule has 23 heteroatoms. The van der Waals surface area contributed by atoms with E-state index in [1.165, 1.54) is 60.7 Å². The van der Waals surface area contributed by atoms with Crippen molar-refractivity contribution in [1.29, 1.82) is 0 Å². The molecule has 0 aliphatic carbocycles. The van der Waals surface area contributed by atoms with Gasteiger partial charge < -0.3 is 50.9 Å². The van der Waals surface area contributed by atoms with Gasteiger partial charge in [-0.1, -0.05) is 27.7 Å². The monoisotopic (exact) mass is 1000 g/mol. The summed E-state index contributed by atoms with van der Waals surface area (Å²) in [5, 5.41) is 67.4. The molecule has 4 rings (SSSR count). The summed E-state index contributed by atoms with van der Waals surface area (Å²) in [5.74, 6) is -9.11. The van der Waals surface area contributed by atoms with Crippen LogP contribution in [0.4, 0.5) is 20.7 Å². The van der Waals surface area contributed by atoms with E-state index in [0.29, 0.717) is 45.0 Å². The number of sulfone groups is 2. The first-order valence-corrected chi connectivity index (χ1v) is 24.5. The fourth-order valence-electron chi connectivity index (χ4n) is 5.97. The number of anilines is 2. The number of hydrogen-bond donors (Lipinski definition) is 6. The van der Waals surface area contributed by atoms with Gasteiger partial charge >= 0.3 is 37.7 Å². The molecule has 0 saturated heterocycles. The van der Waals surface area contributed by atoms with Crippen LogP contribution in [0.3, 0.4) is 0 Å². The maximum Gasteiger partial charge on any atom is 2.00 e. The number of nitrogens with one attached hydrogen (secondary N) is 2. The molecule has 0 atom stereocenters. The average Bonchev–Trinajstić information content (AvgIpc) is 3.20. The number of carboxylic acid groups (broad SMARTS) is 2. The molecular weight excluding hydrogens is 947 g/mol. The zero-order valence-corrected chi connectivity index (χ0v) is 41.7. The molecule has 0 saturated carbocycles. The van der Waals surface area contributed by atoms with Crippen molar-refractivity contribution >= 4 is 93.4 Å². The van der Waals surface area contributed by atoms with E-state index in [2.05, 4.69) is 30.6 Å². The van der Waals surface area contributed by atoms with Gasteiger partial charge in [0.25, 0.3) is 0 Å². The zero-order valence-electron chi connectivity index (χ0n) is 37.9. The van der Waals surface area contributed by atoms with E-state index in [0.717, 1.165) is 24.7 Å². The zero-order chi connectivity index (χ0) is 49.6. The predicted octanol–water partition coefficient (Wildman–Crippen LogP) is 2.49. The van der Waals surface area contributed by atoms with Gasteiger partial charge in [0.1, 0.15) is 23.4 Å². The van der Waals surface area contributed by atoms with Crippen LogP contribution in [0.25, 0.3) is 34.7 Å². The number of benzene rings is 2. The van der Waals surface area contributed by atoms with Crippen molar-refractivity contribution in [1.82, 2.24) is 19.9 Å². The first kappa shape index (κ1) is 58.6. The second kappa shape index (κ2) is 25.7. The van der Waals surface area contributed by atoms with Crippen LogP contribution in [0.5, 0.6) is 0 Å². The van der Waals surface area contributed by atoms with Crippen LogP contribution in [0.15, 0.2) is 60.7 Å². The molecule has 0 aliphatic rings. The van der Waals surface area contributed by atoms with Gasteiger partial charge in [0.15, 0.2) is 31.2 Å². The molecule has 0 aliphatic heterocycles. The Morgan fingerprint density at radius 3 is 1.21 bits per heavy atom. The third kappa shape index (κ3) is 21.1. The normalized spacial score (nSPS) is 12.3. The molecule has 0 radical (unpaired) electrons. The van der Waals surface area contributed by atoms with Gasteiger partial charge in [0.05, 0.1) is 22.8 Å². The van der Waals surface area contributed by atoms with Crippen LogP contribution < -0.4 is 20.8 Å². The topological polar surface area (TPSA) is 305 Å². The van der Waals surface area contributed by atoms with Crippen LogP contribution >= 0.6 is 0 Å². The first-order valence-electron chi connectivity index (χ1n) is 20.4. The molecule has 6 N–H and O–H groups in total. The SMILES string of the molecule is CC(C)c1nc(NCS(C)(=O)=O)nc(-c2ccc(F)cc2)c1C=CC(O)(O)CCCC(=O)[O-].CC(C)c1nc(NCS(C)(=O)=O)nc(-c2ccc(F)cc2)c1C=CC(O)(O)CCCC(=O)[O-].[Ca+2]. The van der Waals surface area contributed by atoms with Gasteiger partial charge in [-0.15, -0.1) is 0 Å². The number of rotatable bonds is 22. The summed E-state index contributed by atoms with van der Waals surface area (Å²) in [4.78, 5) is 38.8. The molecule has 0 fully saturated rings. The Morgan fingerprint density at radius 2 is 0.940 bits per heavy atom. The molecule has 0 unspecified atom stereocenters. The minimum Gasteiger partial charge on any atom is -0.550 e. The van der Waals surface area contributed by atoms with Crippen molar-refractivity contribution in [2.45, 2.75) is 89.6 Å².